The van der Waals surface area contributed by atoms with Crippen molar-refractivity contribution < 1.29 is 38.2 Å². The average molecular weight is 651 g/mol. The van der Waals surface area contributed by atoms with Gasteiger partial charge in [0, 0.05) is 24.5 Å². The molecule has 2 heterocycles. The van der Waals surface area contributed by atoms with Gasteiger partial charge in [-0.2, -0.15) is 0 Å². The normalized spacial score (nSPS) is 17.0. The molecule has 2 fully saturated rings. The second kappa shape index (κ2) is 13.3. The third-order valence-corrected chi connectivity index (χ3v) is 8.65. The van der Waals surface area contributed by atoms with E-state index in [4.69, 9.17) is 0 Å². The monoisotopic (exact) mass is 650 g/mol. The zero-order valence-corrected chi connectivity index (χ0v) is 28.1. The fourth-order valence-electron chi connectivity index (χ4n) is 5.87. The molecule has 0 spiro atoms. The van der Waals surface area contributed by atoms with E-state index in [0.29, 0.717) is 66.2 Å². The Balaban J connectivity index is 1.37. The van der Waals surface area contributed by atoms with Crippen LogP contribution < -0.4 is 20.4 Å². The van der Waals surface area contributed by atoms with Gasteiger partial charge in [0.15, 0.2) is 0 Å². The molecule has 2 aromatic carbocycles. The Morgan fingerprint density at radius 1 is 0.638 bits per heavy atom. The first kappa shape index (κ1) is 34.7. The molecule has 14 heteroatoms. The fraction of sp³-hybridized carbons (Fsp3) is 0.455. The maximum absolute atomic E-state index is 13.5. The number of hydrogen-bond donors (Lipinski definition) is 2. The highest BCUT2D eigenvalue weighted by Crippen LogP contribution is 2.36. The Morgan fingerprint density at radius 3 is 1.32 bits per heavy atom. The minimum absolute atomic E-state index is 0.322. The van der Waals surface area contributed by atoms with E-state index in [1.165, 1.54) is 24.0 Å². The lowest BCUT2D eigenvalue weighted by Crippen LogP contribution is -2.45. The number of urea groups is 2. The predicted octanol–water partition coefficient (Wildman–Crippen LogP) is 5.62. The summed E-state index contributed by atoms with van der Waals surface area (Å²) in [7, 11) is 2.51. The van der Waals surface area contributed by atoms with Crippen LogP contribution in [0.2, 0.25) is 0 Å². The van der Waals surface area contributed by atoms with E-state index in [2.05, 4.69) is 20.1 Å². The number of amides is 8. The molecule has 0 bridgehead atoms. The smallest absolute Gasteiger partial charge is 0.411 e. The van der Waals surface area contributed by atoms with Crippen LogP contribution in [0.15, 0.2) is 36.4 Å². The third-order valence-electron chi connectivity index (χ3n) is 8.65. The van der Waals surface area contributed by atoms with Gasteiger partial charge in [0.1, 0.15) is 11.1 Å². The van der Waals surface area contributed by atoms with Crippen LogP contribution in [0.5, 0.6) is 0 Å². The molecule has 2 aromatic rings. The number of hydrogen-bond acceptors (Lipinski definition) is 8. The molecule has 0 unspecified atom stereocenters. The zero-order valence-electron chi connectivity index (χ0n) is 28.1. The van der Waals surface area contributed by atoms with Gasteiger partial charge < -0.3 is 19.3 Å². The molecule has 4 rings (SSSR count). The Kier molecular flexibility index (Phi) is 9.83. The van der Waals surface area contributed by atoms with Gasteiger partial charge in [-0.15, -0.1) is 0 Å². The number of methoxy groups -OCH3 is 2. The average Bonchev–Trinajstić information content (AvgIpc) is 3.28. The van der Waals surface area contributed by atoms with E-state index < -0.39 is 35.3 Å². The summed E-state index contributed by atoms with van der Waals surface area (Å²) in [5.74, 6) is -0.710. The number of rotatable bonds is 10. The Bertz CT molecular complexity index is 1500. The topological polar surface area (TPSA) is 158 Å². The summed E-state index contributed by atoms with van der Waals surface area (Å²) in [5, 5.41) is 5.14. The molecule has 252 valence electrons. The molecular weight excluding hydrogens is 608 g/mol. The van der Waals surface area contributed by atoms with Crippen LogP contribution in [0.4, 0.5) is 41.9 Å². The van der Waals surface area contributed by atoms with Gasteiger partial charge in [0.05, 0.1) is 25.6 Å². The van der Waals surface area contributed by atoms with Gasteiger partial charge in [0.25, 0.3) is 11.8 Å². The van der Waals surface area contributed by atoms with Crippen LogP contribution in [0.1, 0.15) is 58.1 Å². The van der Waals surface area contributed by atoms with E-state index in [-0.39, 0.29) is 11.8 Å². The molecular formula is C33H42N6O8. The Morgan fingerprint density at radius 2 is 1.00 bits per heavy atom. The maximum atomic E-state index is 13.5. The summed E-state index contributed by atoms with van der Waals surface area (Å²) in [4.78, 5) is 82.5. The Hall–Kier alpha value is -5.14. The highest BCUT2D eigenvalue weighted by Gasteiger charge is 2.53. The second-order valence-corrected chi connectivity index (χ2v) is 12.6. The van der Waals surface area contributed by atoms with Crippen molar-refractivity contribution in [2.24, 2.45) is 0 Å². The lowest BCUT2D eigenvalue weighted by Gasteiger charge is -2.29. The van der Waals surface area contributed by atoms with Gasteiger partial charge in [-0.25, -0.2) is 29.0 Å². The van der Waals surface area contributed by atoms with Crippen LogP contribution in [0.25, 0.3) is 0 Å². The van der Waals surface area contributed by atoms with Crippen LogP contribution >= 0.6 is 0 Å². The number of nitrogens with zero attached hydrogens (tertiary/aromatic N) is 4. The summed E-state index contributed by atoms with van der Waals surface area (Å²) < 4.78 is 9.24. The molecule has 2 aliphatic rings. The summed E-state index contributed by atoms with van der Waals surface area (Å²) >= 11 is 0. The minimum Gasteiger partial charge on any atom is -0.453 e. The fourth-order valence-corrected chi connectivity index (χ4v) is 5.87. The summed E-state index contributed by atoms with van der Waals surface area (Å²) in [6.07, 6.45) is 0.532. The van der Waals surface area contributed by atoms with E-state index in [1.54, 1.807) is 87.7 Å². The first-order chi connectivity index (χ1) is 22.1. The van der Waals surface area contributed by atoms with Crippen LogP contribution in [0, 0.1) is 13.8 Å². The van der Waals surface area contributed by atoms with Gasteiger partial charge in [-0.05, 0) is 108 Å². The number of nitrogens with one attached hydrogen (secondary N) is 2. The zero-order chi connectivity index (χ0) is 34.8. The summed E-state index contributed by atoms with van der Waals surface area (Å²) in [6.45, 7) is 11.0. The quantitative estimate of drug-likeness (QED) is 0.248. The van der Waals surface area contributed by atoms with Crippen molar-refractivity contribution in [1.82, 2.24) is 9.80 Å². The SMILES string of the molecule is COC(=O)Nc1ccc(N2C(=O)N(CCCCCN3C(=O)N(c4ccc(NC(=O)OC)cc4C)C(=O)C3(C)C)C(C)(C)C2=O)c(C)c1. The number of carbonyl (C=O) groups is 6. The number of aryl methyl sites for hydroxylation is 2. The molecule has 0 saturated carbocycles. The largest absolute Gasteiger partial charge is 0.453 e. The van der Waals surface area contributed by atoms with E-state index in [9.17, 15) is 28.8 Å². The van der Waals surface area contributed by atoms with Crippen molar-refractivity contribution in [3.05, 3.63) is 47.5 Å². The first-order valence-electron chi connectivity index (χ1n) is 15.3. The number of carbonyl (C=O) groups excluding carboxylic acids is 6. The van der Waals surface area contributed by atoms with Crippen molar-refractivity contribution in [2.75, 3.05) is 47.7 Å². The lowest BCUT2D eigenvalue weighted by molar-refractivity contribution is -0.124. The Labute approximate surface area is 273 Å². The van der Waals surface area contributed by atoms with Gasteiger partial charge in [0.2, 0.25) is 0 Å². The molecule has 0 radical (unpaired) electrons. The molecule has 2 N–H and O–H groups in total. The lowest BCUT2D eigenvalue weighted by atomic mass is 10.0. The second-order valence-electron chi connectivity index (χ2n) is 12.6. The molecule has 8 amide bonds. The number of ether oxygens (including phenoxy) is 2. The molecule has 0 aliphatic carbocycles. The van der Waals surface area contributed by atoms with Crippen molar-refractivity contribution in [1.29, 1.82) is 0 Å². The van der Waals surface area contributed by atoms with Crippen LogP contribution in [0.3, 0.4) is 0 Å². The molecule has 2 aliphatic heterocycles. The van der Waals surface area contributed by atoms with Gasteiger partial charge >= 0.3 is 24.2 Å². The van der Waals surface area contributed by atoms with E-state index in [0.717, 1.165) is 0 Å². The van der Waals surface area contributed by atoms with Crippen molar-refractivity contribution in [2.45, 2.75) is 71.9 Å². The van der Waals surface area contributed by atoms with Gasteiger partial charge in [-0.1, -0.05) is 0 Å². The minimum atomic E-state index is -1.08. The maximum Gasteiger partial charge on any atom is 0.411 e. The first-order valence-corrected chi connectivity index (χ1v) is 15.3. The van der Waals surface area contributed by atoms with Crippen molar-refractivity contribution >= 4 is 58.8 Å². The molecule has 47 heavy (non-hydrogen) atoms. The molecule has 0 atom stereocenters. The highest BCUT2D eigenvalue weighted by atomic mass is 16.5. The number of anilines is 4. The highest BCUT2D eigenvalue weighted by molar-refractivity contribution is 6.24. The molecule has 0 aromatic heterocycles. The summed E-state index contributed by atoms with van der Waals surface area (Å²) in [5.41, 5.74) is 0.905. The van der Waals surface area contributed by atoms with Crippen LogP contribution in [-0.2, 0) is 19.1 Å². The van der Waals surface area contributed by atoms with Crippen molar-refractivity contribution in [3.63, 3.8) is 0 Å². The predicted molar refractivity (Wildman–Crippen MR) is 176 cm³/mol. The number of benzene rings is 2. The molecule has 2 saturated heterocycles. The number of unbranched alkanes of at least 4 members (excludes halogenated alkanes) is 2. The molecule has 14 nitrogen and oxygen atoms in total. The summed E-state index contributed by atoms with van der Waals surface area (Å²) in [6, 6.07) is 8.88. The van der Waals surface area contributed by atoms with Gasteiger partial charge in [-0.3, -0.25) is 20.2 Å². The third kappa shape index (κ3) is 6.58. The van der Waals surface area contributed by atoms with Crippen molar-refractivity contribution in [3.8, 4) is 0 Å². The van der Waals surface area contributed by atoms with E-state index in [1.807, 2.05) is 0 Å². The number of imide groups is 2. The van der Waals surface area contributed by atoms with Crippen LogP contribution in [-0.4, -0.2) is 84.2 Å². The van der Waals surface area contributed by atoms with E-state index >= 15 is 0 Å². The standard InChI is InChI=1S/C33H42N6O8/c1-20-18-22(34-28(42)46-7)12-14-24(20)38-26(40)32(3,4)36(30(38)44)16-10-9-11-17-37-31(45)39(27(41)33(37,5)6)25-15-13-23(19-21(25)2)35-29(43)47-8/h12-15,18-19H,9-11,16-17H2,1-8H3,(H,34,42)(H,35,43).